The zero-order valence-corrected chi connectivity index (χ0v) is 10.8. The normalized spacial score (nSPS) is 50.6. The Hall–Kier alpha value is -0.0500. The first kappa shape index (κ1) is 10.1. The van der Waals surface area contributed by atoms with Crippen LogP contribution in [0.2, 0.25) is 0 Å². The fourth-order valence-corrected chi connectivity index (χ4v) is 5.81. The van der Waals surface area contributed by atoms with Gasteiger partial charge in [0.2, 0.25) is 0 Å². The molecule has 15 heavy (non-hydrogen) atoms. The van der Waals surface area contributed by atoms with Crippen LogP contribution >= 0.6 is 15.9 Å². The standard InChI is InChI=1S/C12H17BrO2/c1-11(2)8-3-4-12(11,6-13)10-7(8)5-9(14)15-10/h7-8,10H,3-6H2,1-2H3/t7-,8-,10-,12-/m1/s1. The van der Waals surface area contributed by atoms with E-state index in [2.05, 4.69) is 29.8 Å². The molecule has 0 unspecified atom stereocenters. The lowest BCUT2D eigenvalue weighted by Gasteiger charge is -2.39. The number of rotatable bonds is 1. The second kappa shape index (κ2) is 2.79. The second-order valence-electron chi connectivity index (χ2n) is 5.94. The Morgan fingerprint density at radius 1 is 1.53 bits per heavy atom. The first-order valence-electron chi connectivity index (χ1n) is 5.78. The summed E-state index contributed by atoms with van der Waals surface area (Å²) in [6.45, 7) is 4.72. The second-order valence-corrected chi connectivity index (χ2v) is 6.50. The quantitative estimate of drug-likeness (QED) is 0.542. The van der Waals surface area contributed by atoms with Gasteiger partial charge in [-0.1, -0.05) is 29.8 Å². The minimum Gasteiger partial charge on any atom is -0.461 e. The predicted molar refractivity (Wildman–Crippen MR) is 60.7 cm³/mol. The molecule has 1 aliphatic heterocycles. The Bertz CT molecular complexity index is 326. The van der Waals surface area contributed by atoms with Gasteiger partial charge in [-0.25, -0.2) is 0 Å². The summed E-state index contributed by atoms with van der Waals surface area (Å²) in [6.07, 6.45) is 3.34. The number of ether oxygens (including phenoxy) is 1. The lowest BCUT2D eigenvalue weighted by Crippen LogP contribution is -2.41. The highest BCUT2D eigenvalue weighted by atomic mass is 79.9. The van der Waals surface area contributed by atoms with E-state index in [0.29, 0.717) is 23.7 Å². The molecule has 2 saturated carbocycles. The molecule has 3 rings (SSSR count). The van der Waals surface area contributed by atoms with Gasteiger partial charge in [0, 0.05) is 16.7 Å². The van der Waals surface area contributed by atoms with Gasteiger partial charge in [0.25, 0.3) is 0 Å². The van der Waals surface area contributed by atoms with Crippen molar-refractivity contribution in [1.82, 2.24) is 0 Å². The number of carbonyl (C=O) groups is 1. The number of carbonyl (C=O) groups excluding carboxylic acids is 1. The lowest BCUT2D eigenvalue weighted by molar-refractivity contribution is -0.147. The van der Waals surface area contributed by atoms with E-state index < -0.39 is 0 Å². The Balaban J connectivity index is 2.07. The Morgan fingerprint density at radius 3 is 2.93 bits per heavy atom. The fraction of sp³-hybridized carbons (Fsp3) is 0.917. The van der Waals surface area contributed by atoms with Crippen molar-refractivity contribution in [2.24, 2.45) is 22.7 Å². The van der Waals surface area contributed by atoms with Gasteiger partial charge in [0.15, 0.2) is 0 Å². The average molecular weight is 273 g/mol. The average Bonchev–Trinajstić information content (AvgIpc) is 2.71. The van der Waals surface area contributed by atoms with Crippen LogP contribution in [-0.2, 0) is 9.53 Å². The summed E-state index contributed by atoms with van der Waals surface area (Å²) in [5, 5.41) is 0.970. The van der Waals surface area contributed by atoms with E-state index in [9.17, 15) is 4.79 Å². The van der Waals surface area contributed by atoms with E-state index in [1.54, 1.807) is 0 Å². The van der Waals surface area contributed by atoms with Crippen LogP contribution in [0, 0.1) is 22.7 Å². The molecule has 2 aliphatic carbocycles. The summed E-state index contributed by atoms with van der Waals surface area (Å²) in [7, 11) is 0. The van der Waals surface area contributed by atoms with Crippen LogP contribution in [0.3, 0.4) is 0 Å². The Morgan fingerprint density at radius 2 is 2.27 bits per heavy atom. The van der Waals surface area contributed by atoms with Crippen molar-refractivity contribution in [3.8, 4) is 0 Å². The molecule has 2 nitrogen and oxygen atoms in total. The molecule has 0 radical (unpaired) electrons. The molecule has 0 aromatic rings. The van der Waals surface area contributed by atoms with Gasteiger partial charge in [-0.05, 0) is 24.2 Å². The summed E-state index contributed by atoms with van der Waals surface area (Å²) in [5.41, 5.74) is 0.529. The van der Waals surface area contributed by atoms with Crippen molar-refractivity contribution in [1.29, 1.82) is 0 Å². The highest BCUT2D eigenvalue weighted by Gasteiger charge is 2.71. The van der Waals surface area contributed by atoms with E-state index in [-0.39, 0.29) is 17.5 Å². The summed E-state index contributed by atoms with van der Waals surface area (Å²) < 4.78 is 5.58. The summed E-state index contributed by atoms with van der Waals surface area (Å²) in [4.78, 5) is 11.4. The predicted octanol–water partition coefficient (Wildman–Crippen LogP) is 2.75. The largest absolute Gasteiger partial charge is 0.461 e. The molecule has 0 spiro atoms. The van der Waals surface area contributed by atoms with Gasteiger partial charge in [-0.2, -0.15) is 0 Å². The first-order valence-corrected chi connectivity index (χ1v) is 6.90. The number of esters is 1. The van der Waals surface area contributed by atoms with Gasteiger partial charge in [0.1, 0.15) is 6.10 Å². The van der Waals surface area contributed by atoms with Crippen LogP contribution in [0.1, 0.15) is 33.1 Å². The molecule has 3 fully saturated rings. The summed E-state index contributed by atoms with van der Waals surface area (Å²) >= 11 is 3.66. The van der Waals surface area contributed by atoms with Gasteiger partial charge in [0.05, 0.1) is 6.42 Å². The van der Waals surface area contributed by atoms with Gasteiger partial charge >= 0.3 is 5.97 Å². The van der Waals surface area contributed by atoms with Crippen molar-refractivity contribution in [3.63, 3.8) is 0 Å². The monoisotopic (exact) mass is 272 g/mol. The van der Waals surface area contributed by atoms with Crippen molar-refractivity contribution in [2.75, 3.05) is 5.33 Å². The number of halogens is 1. The SMILES string of the molecule is CC1(C)[C@@H]2CC[C@@]1(CBr)[C@@H]1OC(=O)C[C@H]21. The maximum Gasteiger partial charge on any atom is 0.306 e. The van der Waals surface area contributed by atoms with Crippen LogP contribution in [0.4, 0.5) is 0 Å². The molecule has 1 heterocycles. The van der Waals surface area contributed by atoms with E-state index in [4.69, 9.17) is 4.74 Å². The fourth-order valence-electron chi connectivity index (χ4n) is 4.49. The van der Waals surface area contributed by atoms with E-state index >= 15 is 0 Å². The molecule has 0 aromatic heterocycles. The smallest absolute Gasteiger partial charge is 0.306 e. The topological polar surface area (TPSA) is 26.3 Å². The zero-order chi connectivity index (χ0) is 10.8. The van der Waals surface area contributed by atoms with E-state index in [0.717, 1.165) is 5.33 Å². The molecule has 3 heteroatoms. The van der Waals surface area contributed by atoms with Gasteiger partial charge in [-0.3, -0.25) is 4.79 Å². The third-order valence-corrected chi connectivity index (χ3v) is 6.46. The number of alkyl halides is 1. The third kappa shape index (κ3) is 0.943. The van der Waals surface area contributed by atoms with Crippen molar-refractivity contribution in [2.45, 2.75) is 39.2 Å². The highest BCUT2D eigenvalue weighted by Crippen LogP contribution is 2.71. The van der Waals surface area contributed by atoms with Gasteiger partial charge < -0.3 is 4.74 Å². The van der Waals surface area contributed by atoms with Crippen molar-refractivity contribution >= 4 is 21.9 Å². The molecule has 4 atom stereocenters. The highest BCUT2D eigenvalue weighted by molar-refractivity contribution is 9.09. The van der Waals surface area contributed by atoms with Crippen LogP contribution in [0.25, 0.3) is 0 Å². The van der Waals surface area contributed by atoms with E-state index in [1.165, 1.54) is 12.8 Å². The summed E-state index contributed by atoms with van der Waals surface area (Å²) in [5.74, 6) is 1.21. The molecular weight excluding hydrogens is 256 g/mol. The minimum atomic E-state index is 0.0257. The number of fused-ring (bicyclic) bond motifs is 5. The number of hydrogen-bond acceptors (Lipinski definition) is 2. The molecule has 0 aromatic carbocycles. The number of hydrogen-bond donors (Lipinski definition) is 0. The first-order chi connectivity index (χ1) is 7.03. The third-order valence-electron chi connectivity index (χ3n) is 5.46. The van der Waals surface area contributed by atoms with Crippen molar-refractivity contribution < 1.29 is 9.53 Å². The van der Waals surface area contributed by atoms with Crippen LogP contribution in [0.15, 0.2) is 0 Å². The zero-order valence-electron chi connectivity index (χ0n) is 9.25. The van der Waals surface area contributed by atoms with Crippen LogP contribution in [-0.4, -0.2) is 17.4 Å². The van der Waals surface area contributed by atoms with Crippen LogP contribution < -0.4 is 0 Å². The molecule has 84 valence electrons. The Kier molecular flexibility index (Phi) is 1.88. The maximum absolute atomic E-state index is 11.4. The lowest BCUT2D eigenvalue weighted by atomic mass is 9.70. The van der Waals surface area contributed by atoms with E-state index in [1.807, 2.05) is 0 Å². The Labute approximate surface area is 98.9 Å². The molecular formula is C12H17BrO2. The minimum absolute atomic E-state index is 0.0257. The molecule has 1 saturated heterocycles. The molecule has 2 bridgehead atoms. The molecule has 0 amide bonds. The van der Waals surface area contributed by atoms with Crippen molar-refractivity contribution in [3.05, 3.63) is 0 Å². The molecule has 0 N–H and O–H groups in total. The maximum atomic E-state index is 11.4. The summed E-state index contributed by atoms with van der Waals surface area (Å²) in [6, 6.07) is 0. The van der Waals surface area contributed by atoms with Gasteiger partial charge in [-0.15, -0.1) is 0 Å². The molecule has 3 aliphatic rings. The van der Waals surface area contributed by atoms with Crippen LogP contribution in [0.5, 0.6) is 0 Å².